The number of esters is 2. The summed E-state index contributed by atoms with van der Waals surface area (Å²) in [6, 6.07) is 0. The molecular weight excluding hydrogens is 328 g/mol. The highest BCUT2D eigenvalue weighted by molar-refractivity contribution is 5.87. The molecule has 0 amide bonds. The summed E-state index contributed by atoms with van der Waals surface area (Å²) in [4.78, 5) is 23.8. The van der Waals surface area contributed by atoms with Gasteiger partial charge in [0.15, 0.2) is 0 Å². The van der Waals surface area contributed by atoms with Crippen LogP contribution in [0.3, 0.4) is 0 Å². The summed E-state index contributed by atoms with van der Waals surface area (Å²) in [6.07, 6.45) is 10.2. The fourth-order valence-electron chi connectivity index (χ4n) is 4.18. The second kappa shape index (κ2) is 10.1. The van der Waals surface area contributed by atoms with Gasteiger partial charge < -0.3 is 9.47 Å². The fraction of sp³-hybridized carbons (Fsp3) is 0.818. The molecule has 4 nitrogen and oxygen atoms in total. The van der Waals surface area contributed by atoms with E-state index < -0.39 is 0 Å². The molecule has 1 unspecified atom stereocenters. The summed E-state index contributed by atoms with van der Waals surface area (Å²) >= 11 is 0. The van der Waals surface area contributed by atoms with E-state index in [0.717, 1.165) is 69.6 Å². The summed E-state index contributed by atoms with van der Waals surface area (Å²) in [5.41, 5.74) is 0.567. The highest BCUT2D eigenvalue weighted by Gasteiger charge is 2.33. The lowest BCUT2D eigenvalue weighted by atomic mass is 9.72. The molecule has 2 aliphatic rings. The van der Waals surface area contributed by atoms with Crippen molar-refractivity contribution in [3.05, 3.63) is 12.2 Å². The van der Waals surface area contributed by atoms with Crippen LogP contribution in [0.4, 0.5) is 0 Å². The van der Waals surface area contributed by atoms with Crippen molar-refractivity contribution in [1.29, 1.82) is 0 Å². The van der Waals surface area contributed by atoms with Crippen LogP contribution in [0.15, 0.2) is 12.2 Å². The lowest BCUT2D eigenvalue weighted by Gasteiger charge is -2.37. The van der Waals surface area contributed by atoms with Gasteiger partial charge in [0.25, 0.3) is 0 Å². The number of hydrogen-bond donors (Lipinski definition) is 0. The molecule has 0 heterocycles. The molecule has 2 rings (SSSR count). The third-order valence-electron chi connectivity index (χ3n) is 6.39. The van der Waals surface area contributed by atoms with Crippen LogP contribution < -0.4 is 0 Å². The highest BCUT2D eigenvalue weighted by Crippen LogP contribution is 2.39. The highest BCUT2D eigenvalue weighted by atomic mass is 16.5. The average molecular weight is 365 g/mol. The van der Waals surface area contributed by atoms with E-state index in [1.54, 1.807) is 0 Å². The van der Waals surface area contributed by atoms with E-state index in [2.05, 4.69) is 6.58 Å². The molecule has 0 aliphatic heterocycles. The van der Waals surface area contributed by atoms with Crippen molar-refractivity contribution in [2.75, 3.05) is 0 Å². The van der Waals surface area contributed by atoms with Crippen LogP contribution in [0.2, 0.25) is 0 Å². The Hall–Kier alpha value is -1.32. The van der Waals surface area contributed by atoms with Crippen LogP contribution in [-0.4, -0.2) is 24.1 Å². The Morgan fingerprint density at radius 3 is 1.77 bits per heavy atom. The molecule has 0 radical (unpaired) electrons. The summed E-state index contributed by atoms with van der Waals surface area (Å²) in [5.74, 6) is 1.21. The quantitative estimate of drug-likeness (QED) is 0.460. The minimum atomic E-state index is -0.223. The number of ether oxygens (including phenoxy) is 2. The Labute approximate surface area is 158 Å². The number of carbonyl (C=O) groups is 2. The lowest BCUT2D eigenvalue weighted by molar-refractivity contribution is -0.156. The molecule has 0 N–H and O–H groups in total. The van der Waals surface area contributed by atoms with Crippen molar-refractivity contribution in [3.63, 3.8) is 0 Å². The van der Waals surface area contributed by atoms with Gasteiger partial charge in [-0.05, 0) is 76.0 Å². The molecule has 26 heavy (non-hydrogen) atoms. The lowest BCUT2D eigenvalue weighted by Crippen LogP contribution is -2.32. The average Bonchev–Trinajstić information content (AvgIpc) is 2.67. The van der Waals surface area contributed by atoms with Gasteiger partial charge in [0.05, 0.1) is 5.92 Å². The Balaban J connectivity index is 1.69. The monoisotopic (exact) mass is 364 g/mol. The van der Waals surface area contributed by atoms with Gasteiger partial charge in [0.1, 0.15) is 12.2 Å². The zero-order valence-electron chi connectivity index (χ0n) is 16.8. The predicted molar refractivity (Wildman–Crippen MR) is 103 cm³/mol. The van der Waals surface area contributed by atoms with Gasteiger partial charge in [-0.15, -0.1) is 0 Å². The maximum absolute atomic E-state index is 11.9. The third-order valence-corrected chi connectivity index (χ3v) is 6.39. The second-order valence-corrected chi connectivity index (χ2v) is 8.18. The minimum Gasteiger partial charge on any atom is -0.462 e. The Morgan fingerprint density at radius 1 is 0.885 bits per heavy atom. The molecule has 0 aromatic heterocycles. The zero-order valence-corrected chi connectivity index (χ0v) is 16.8. The molecule has 4 heteroatoms. The summed E-state index contributed by atoms with van der Waals surface area (Å²) < 4.78 is 11.2. The molecule has 2 aliphatic carbocycles. The van der Waals surface area contributed by atoms with Gasteiger partial charge in [-0.1, -0.05) is 27.4 Å². The van der Waals surface area contributed by atoms with Crippen LogP contribution in [0.5, 0.6) is 0 Å². The summed E-state index contributed by atoms with van der Waals surface area (Å²) in [7, 11) is 0. The molecule has 0 spiro atoms. The van der Waals surface area contributed by atoms with Crippen molar-refractivity contribution in [1.82, 2.24) is 0 Å². The minimum absolute atomic E-state index is 0.00880. The number of rotatable bonds is 7. The summed E-state index contributed by atoms with van der Waals surface area (Å²) in [5, 5.41) is 0. The van der Waals surface area contributed by atoms with E-state index in [0.29, 0.717) is 12.0 Å². The van der Waals surface area contributed by atoms with Gasteiger partial charge in [-0.2, -0.15) is 0 Å². The van der Waals surface area contributed by atoms with E-state index in [1.165, 1.54) is 0 Å². The number of hydrogen-bond acceptors (Lipinski definition) is 4. The molecule has 2 saturated carbocycles. The van der Waals surface area contributed by atoms with Crippen LogP contribution in [0.25, 0.3) is 0 Å². The van der Waals surface area contributed by atoms with Crippen LogP contribution in [0.1, 0.15) is 85.0 Å². The Kier molecular flexibility index (Phi) is 8.17. The SMILES string of the molecule is C=C(CC)C(=O)OC1CCC(C2CCC(OC(=O)C(C)CC)CC2)CC1. The molecule has 1 atom stereocenters. The van der Waals surface area contributed by atoms with Gasteiger partial charge in [-0.3, -0.25) is 4.79 Å². The normalized spacial score (nSPS) is 30.3. The van der Waals surface area contributed by atoms with E-state index in [1.807, 2.05) is 20.8 Å². The van der Waals surface area contributed by atoms with Crippen LogP contribution >= 0.6 is 0 Å². The standard InChI is InChI=1S/C22H36O4/c1-5-15(3)21(23)25-19-11-7-17(8-12-19)18-9-13-20(14-10-18)26-22(24)16(4)6-2/h16-20H,3,5-14H2,1-2,4H3. The smallest absolute Gasteiger partial charge is 0.333 e. The first-order chi connectivity index (χ1) is 12.4. The van der Waals surface area contributed by atoms with Gasteiger partial charge >= 0.3 is 11.9 Å². The van der Waals surface area contributed by atoms with Gasteiger partial charge in [0.2, 0.25) is 0 Å². The Morgan fingerprint density at radius 2 is 1.35 bits per heavy atom. The predicted octanol–water partition coefficient (Wildman–Crippen LogP) is 5.20. The number of carbonyl (C=O) groups excluding carboxylic acids is 2. The first-order valence-electron chi connectivity index (χ1n) is 10.5. The molecule has 148 valence electrons. The third kappa shape index (κ3) is 5.85. The van der Waals surface area contributed by atoms with E-state index in [-0.39, 0.29) is 30.1 Å². The molecular formula is C22H36O4. The van der Waals surface area contributed by atoms with Gasteiger partial charge in [-0.25, -0.2) is 4.79 Å². The zero-order chi connectivity index (χ0) is 19.1. The van der Waals surface area contributed by atoms with Crippen LogP contribution in [-0.2, 0) is 19.1 Å². The van der Waals surface area contributed by atoms with Crippen molar-refractivity contribution in [2.45, 2.75) is 97.2 Å². The van der Waals surface area contributed by atoms with E-state index in [9.17, 15) is 9.59 Å². The van der Waals surface area contributed by atoms with E-state index in [4.69, 9.17) is 9.47 Å². The van der Waals surface area contributed by atoms with Gasteiger partial charge in [0, 0.05) is 5.57 Å². The van der Waals surface area contributed by atoms with Crippen molar-refractivity contribution in [2.24, 2.45) is 17.8 Å². The first-order valence-corrected chi connectivity index (χ1v) is 10.5. The topological polar surface area (TPSA) is 52.6 Å². The molecule has 0 saturated heterocycles. The van der Waals surface area contributed by atoms with Crippen LogP contribution in [0, 0.1) is 17.8 Å². The molecule has 2 fully saturated rings. The fourth-order valence-corrected chi connectivity index (χ4v) is 4.18. The van der Waals surface area contributed by atoms with Crippen molar-refractivity contribution >= 4 is 11.9 Å². The van der Waals surface area contributed by atoms with Crippen molar-refractivity contribution < 1.29 is 19.1 Å². The summed E-state index contributed by atoms with van der Waals surface area (Å²) in [6.45, 7) is 9.65. The second-order valence-electron chi connectivity index (χ2n) is 8.18. The Bertz CT molecular complexity index is 482. The molecule has 0 aromatic carbocycles. The largest absolute Gasteiger partial charge is 0.462 e. The maximum atomic E-state index is 11.9. The van der Waals surface area contributed by atoms with Crippen molar-refractivity contribution in [3.8, 4) is 0 Å². The maximum Gasteiger partial charge on any atom is 0.333 e. The molecule has 0 aromatic rings. The molecule has 0 bridgehead atoms. The van der Waals surface area contributed by atoms with E-state index >= 15 is 0 Å². The first kappa shape index (κ1) is 21.0.